The lowest BCUT2D eigenvalue weighted by Crippen LogP contribution is -2.33. The number of anilines is 1. The van der Waals surface area contributed by atoms with Gasteiger partial charge in [-0.15, -0.1) is 0 Å². The second kappa shape index (κ2) is 5.86. The van der Waals surface area contributed by atoms with Gasteiger partial charge in [-0.05, 0) is 47.0 Å². The zero-order chi connectivity index (χ0) is 14.0. The lowest BCUT2D eigenvalue weighted by atomic mass is 9.80. The summed E-state index contributed by atoms with van der Waals surface area (Å²) in [7, 11) is 0. The topological polar surface area (TPSA) is 68.1 Å². The largest absolute Gasteiger partial charge is 0.361 e. The third-order valence-corrected chi connectivity index (χ3v) is 4.22. The summed E-state index contributed by atoms with van der Waals surface area (Å²) in [5.41, 5.74) is 0.0280. The fraction of sp³-hybridized carbons (Fsp3) is 0.615. The van der Waals surface area contributed by atoms with Crippen molar-refractivity contribution >= 4 is 27.4 Å². The molecule has 0 bridgehead atoms. The van der Waals surface area contributed by atoms with E-state index >= 15 is 0 Å². The average Bonchev–Trinajstić information content (AvgIpc) is 2.34. The van der Waals surface area contributed by atoms with E-state index in [1.165, 1.54) is 6.07 Å². The number of nitrogens with one attached hydrogen (secondary N) is 1. The lowest BCUT2D eigenvalue weighted by molar-refractivity contribution is -0.384. The molecule has 3 unspecified atom stereocenters. The molecule has 0 aliphatic heterocycles. The normalized spacial score (nSPS) is 27.0. The molecule has 1 aromatic rings. The fourth-order valence-electron chi connectivity index (χ4n) is 2.73. The van der Waals surface area contributed by atoms with Gasteiger partial charge >= 0.3 is 5.69 Å². The Morgan fingerprint density at radius 3 is 2.84 bits per heavy atom. The summed E-state index contributed by atoms with van der Waals surface area (Å²) in [6, 6.07) is 1.76. The van der Waals surface area contributed by atoms with Gasteiger partial charge in [0.05, 0.1) is 4.92 Å². The summed E-state index contributed by atoms with van der Waals surface area (Å²) in [6.07, 6.45) is 4.94. The third-order valence-electron chi connectivity index (χ3n) is 3.78. The van der Waals surface area contributed by atoms with Gasteiger partial charge < -0.3 is 5.32 Å². The van der Waals surface area contributed by atoms with E-state index in [0.29, 0.717) is 16.2 Å². The summed E-state index contributed by atoms with van der Waals surface area (Å²) < 4.78 is 0.620. The van der Waals surface area contributed by atoms with Crippen LogP contribution in [0.15, 0.2) is 16.7 Å². The highest BCUT2D eigenvalue weighted by Gasteiger charge is 2.27. The van der Waals surface area contributed by atoms with Crippen molar-refractivity contribution in [3.63, 3.8) is 0 Å². The van der Waals surface area contributed by atoms with Gasteiger partial charge in [0.15, 0.2) is 0 Å². The van der Waals surface area contributed by atoms with Crippen molar-refractivity contribution in [2.45, 2.75) is 39.2 Å². The number of halogens is 1. The van der Waals surface area contributed by atoms with Crippen LogP contribution in [0.3, 0.4) is 0 Å². The predicted octanol–water partition coefficient (Wildman–Crippen LogP) is 3.99. The molecule has 3 atom stereocenters. The van der Waals surface area contributed by atoms with Crippen LogP contribution >= 0.6 is 15.9 Å². The van der Waals surface area contributed by atoms with Crippen LogP contribution in [0.5, 0.6) is 0 Å². The maximum atomic E-state index is 11.1. The van der Waals surface area contributed by atoms with Crippen LogP contribution in [-0.2, 0) is 0 Å². The highest BCUT2D eigenvalue weighted by atomic mass is 79.9. The Hall–Kier alpha value is -1.17. The maximum absolute atomic E-state index is 11.1. The first-order valence-corrected chi connectivity index (χ1v) is 7.33. The number of rotatable bonds is 3. The van der Waals surface area contributed by atoms with Crippen molar-refractivity contribution < 1.29 is 4.92 Å². The number of hydrogen-bond donors (Lipinski definition) is 1. The van der Waals surface area contributed by atoms with Crippen molar-refractivity contribution in [3.8, 4) is 0 Å². The lowest BCUT2D eigenvalue weighted by Gasteiger charge is -2.33. The molecule has 0 radical (unpaired) electrons. The van der Waals surface area contributed by atoms with Gasteiger partial charge in [-0.2, -0.15) is 0 Å². The first-order valence-electron chi connectivity index (χ1n) is 6.54. The van der Waals surface area contributed by atoms with Crippen LogP contribution in [0.1, 0.15) is 33.1 Å². The van der Waals surface area contributed by atoms with Gasteiger partial charge in [0, 0.05) is 22.8 Å². The monoisotopic (exact) mass is 327 g/mol. The van der Waals surface area contributed by atoms with Crippen molar-refractivity contribution in [1.82, 2.24) is 4.98 Å². The van der Waals surface area contributed by atoms with Crippen LogP contribution in [-0.4, -0.2) is 15.9 Å². The Balaban J connectivity index is 2.17. The zero-order valence-electron chi connectivity index (χ0n) is 11.1. The molecule has 1 saturated carbocycles. The molecule has 2 rings (SSSR count). The van der Waals surface area contributed by atoms with E-state index in [9.17, 15) is 10.1 Å². The summed E-state index contributed by atoms with van der Waals surface area (Å²) in [5, 5.41) is 14.3. The quantitative estimate of drug-likeness (QED) is 0.673. The van der Waals surface area contributed by atoms with E-state index in [2.05, 4.69) is 40.1 Å². The van der Waals surface area contributed by atoms with E-state index in [-0.39, 0.29) is 11.7 Å². The minimum absolute atomic E-state index is 0.0280. The summed E-state index contributed by atoms with van der Waals surface area (Å²) in [6.45, 7) is 4.45. The second-order valence-electron chi connectivity index (χ2n) is 5.42. The van der Waals surface area contributed by atoms with Crippen LogP contribution < -0.4 is 5.32 Å². The van der Waals surface area contributed by atoms with Gasteiger partial charge in [-0.25, -0.2) is 4.98 Å². The van der Waals surface area contributed by atoms with Gasteiger partial charge in [0.2, 0.25) is 5.82 Å². The van der Waals surface area contributed by atoms with Gasteiger partial charge in [-0.3, -0.25) is 10.1 Å². The van der Waals surface area contributed by atoms with Crippen LogP contribution in [0.25, 0.3) is 0 Å². The van der Waals surface area contributed by atoms with E-state index in [1.807, 2.05) is 0 Å². The van der Waals surface area contributed by atoms with E-state index in [4.69, 9.17) is 0 Å². The number of nitrogens with zero attached hydrogens (tertiary/aromatic N) is 2. The van der Waals surface area contributed by atoms with E-state index in [1.54, 1.807) is 6.20 Å². The number of aromatic nitrogens is 1. The van der Waals surface area contributed by atoms with Gasteiger partial charge in [0.25, 0.3) is 0 Å². The number of pyridine rings is 1. The molecule has 104 valence electrons. The molecule has 0 saturated heterocycles. The Bertz CT molecular complexity index is 481. The molecule has 19 heavy (non-hydrogen) atoms. The molecule has 1 aliphatic rings. The molecule has 1 fully saturated rings. The third kappa shape index (κ3) is 3.43. The molecule has 1 aromatic heterocycles. The molecule has 0 aromatic carbocycles. The van der Waals surface area contributed by atoms with Crippen molar-refractivity contribution in [2.24, 2.45) is 11.8 Å². The molecule has 6 heteroatoms. The molecular weight excluding hydrogens is 310 g/mol. The Kier molecular flexibility index (Phi) is 4.39. The maximum Gasteiger partial charge on any atom is 0.312 e. The first-order chi connectivity index (χ1) is 8.97. The summed E-state index contributed by atoms with van der Waals surface area (Å²) in [5.74, 6) is 1.62. The Morgan fingerprint density at radius 1 is 1.47 bits per heavy atom. The molecule has 0 spiro atoms. The molecule has 1 aliphatic carbocycles. The van der Waals surface area contributed by atoms with E-state index in [0.717, 1.165) is 25.2 Å². The number of hydrogen-bond acceptors (Lipinski definition) is 4. The highest BCUT2D eigenvalue weighted by Crippen LogP contribution is 2.33. The van der Waals surface area contributed by atoms with Crippen molar-refractivity contribution in [1.29, 1.82) is 0 Å². The average molecular weight is 328 g/mol. The standard InChI is InChI=1S/C13H18BrN3O2/c1-8-3-4-11(9(2)5-8)16-13-12(17(18)19)6-10(14)7-15-13/h6-9,11H,3-5H2,1-2H3,(H,15,16). The van der Waals surface area contributed by atoms with Gasteiger partial charge in [-0.1, -0.05) is 13.8 Å². The minimum Gasteiger partial charge on any atom is -0.361 e. The Labute approximate surface area is 121 Å². The number of nitro groups is 1. The smallest absolute Gasteiger partial charge is 0.312 e. The fourth-order valence-corrected chi connectivity index (χ4v) is 3.05. The van der Waals surface area contributed by atoms with Crippen molar-refractivity contribution in [2.75, 3.05) is 5.32 Å². The minimum atomic E-state index is -0.393. The van der Waals surface area contributed by atoms with Crippen LogP contribution in [0.4, 0.5) is 11.5 Å². The molecular formula is C13H18BrN3O2. The molecule has 1 heterocycles. The predicted molar refractivity (Wildman–Crippen MR) is 78.2 cm³/mol. The summed E-state index contributed by atoms with van der Waals surface area (Å²) >= 11 is 3.21. The van der Waals surface area contributed by atoms with Gasteiger partial charge in [0.1, 0.15) is 0 Å². The Morgan fingerprint density at radius 2 is 2.21 bits per heavy atom. The van der Waals surface area contributed by atoms with E-state index < -0.39 is 4.92 Å². The highest BCUT2D eigenvalue weighted by molar-refractivity contribution is 9.10. The van der Waals surface area contributed by atoms with Crippen LogP contribution in [0.2, 0.25) is 0 Å². The second-order valence-corrected chi connectivity index (χ2v) is 6.34. The SMILES string of the molecule is CC1CCC(Nc2ncc(Br)cc2[N+](=O)[O-])C(C)C1. The molecule has 0 amide bonds. The molecule has 5 nitrogen and oxygen atoms in total. The first kappa shape index (κ1) is 14.2. The molecule has 1 N–H and O–H groups in total. The van der Waals surface area contributed by atoms with Crippen molar-refractivity contribution in [3.05, 3.63) is 26.9 Å². The zero-order valence-corrected chi connectivity index (χ0v) is 12.7. The van der Waals surface area contributed by atoms with Crippen LogP contribution in [0, 0.1) is 22.0 Å². The summed E-state index contributed by atoms with van der Waals surface area (Å²) in [4.78, 5) is 14.8.